The van der Waals surface area contributed by atoms with E-state index in [1.807, 2.05) is 11.8 Å². The Labute approximate surface area is 122 Å². The van der Waals surface area contributed by atoms with Crippen LogP contribution in [0.5, 0.6) is 0 Å². The molecular weight excluding hydrogens is 254 g/mol. The van der Waals surface area contributed by atoms with E-state index in [-0.39, 0.29) is 12.6 Å². The van der Waals surface area contributed by atoms with E-state index in [1.54, 1.807) is 0 Å². The molecule has 0 fully saturated rings. The number of hydrogen-bond donors (Lipinski definition) is 2. The van der Waals surface area contributed by atoms with Crippen LogP contribution in [0.4, 0.5) is 0 Å². The third-order valence-corrected chi connectivity index (χ3v) is 4.23. The zero-order valence-electron chi connectivity index (χ0n) is 12.4. The van der Waals surface area contributed by atoms with Crippen LogP contribution in [0.15, 0.2) is 29.2 Å². The van der Waals surface area contributed by atoms with Gasteiger partial charge in [-0.05, 0) is 48.8 Å². The second-order valence-electron chi connectivity index (χ2n) is 5.19. The van der Waals surface area contributed by atoms with Gasteiger partial charge in [0.1, 0.15) is 0 Å². The Balaban J connectivity index is 2.31. The Bertz CT molecular complexity index is 337. The number of benzene rings is 1. The number of rotatable bonds is 9. The quantitative estimate of drug-likeness (QED) is 0.678. The molecule has 1 atom stereocenters. The summed E-state index contributed by atoms with van der Waals surface area (Å²) in [6.45, 7) is 7.79. The number of nitrogens with one attached hydrogen (secondary N) is 1. The Morgan fingerprint density at radius 1 is 1.21 bits per heavy atom. The lowest BCUT2D eigenvalue weighted by atomic mass is 10.0. The summed E-state index contributed by atoms with van der Waals surface area (Å²) in [4.78, 5) is 1.32. The predicted molar refractivity (Wildman–Crippen MR) is 85.0 cm³/mol. The molecule has 1 unspecified atom stereocenters. The summed E-state index contributed by atoms with van der Waals surface area (Å²) in [7, 11) is 0. The van der Waals surface area contributed by atoms with Gasteiger partial charge in [0.05, 0.1) is 6.61 Å². The van der Waals surface area contributed by atoms with Crippen LogP contribution in [0.2, 0.25) is 0 Å². The van der Waals surface area contributed by atoms with Crippen molar-refractivity contribution in [1.29, 1.82) is 0 Å². The van der Waals surface area contributed by atoms with E-state index in [9.17, 15) is 5.11 Å². The van der Waals surface area contributed by atoms with Gasteiger partial charge >= 0.3 is 0 Å². The average molecular weight is 281 g/mol. The summed E-state index contributed by atoms with van der Waals surface area (Å²) in [5, 5.41) is 12.6. The fraction of sp³-hybridized carbons (Fsp3) is 0.625. The minimum absolute atomic E-state index is 0.229. The van der Waals surface area contributed by atoms with Crippen molar-refractivity contribution >= 4 is 11.8 Å². The molecule has 0 spiro atoms. The third-order valence-electron chi connectivity index (χ3n) is 3.19. The molecule has 0 aliphatic carbocycles. The van der Waals surface area contributed by atoms with Gasteiger partial charge in [0.15, 0.2) is 0 Å². The van der Waals surface area contributed by atoms with Crippen LogP contribution in [0.3, 0.4) is 0 Å². The molecule has 0 saturated carbocycles. The first-order chi connectivity index (χ1) is 9.17. The molecule has 0 radical (unpaired) electrons. The normalized spacial score (nSPS) is 12.9. The highest BCUT2D eigenvalue weighted by atomic mass is 32.2. The second kappa shape index (κ2) is 9.40. The van der Waals surface area contributed by atoms with Gasteiger partial charge in [0.25, 0.3) is 0 Å². The average Bonchev–Trinajstić information content (AvgIpc) is 2.43. The van der Waals surface area contributed by atoms with Gasteiger partial charge in [-0.15, -0.1) is 11.8 Å². The smallest absolute Gasteiger partial charge is 0.0584 e. The van der Waals surface area contributed by atoms with Crippen LogP contribution in [-0.2, 0) is 0 Å². The fourth-order valence-corrected chi connectivity index (χ4v) is 2.84. The molecule has 0 amide bonds. The van der Waals surface area contributed by atoms with Crippen LogP contribution < -0.4 is 5.32 Å². The monoisotopic (exact) mass is 281 g/mol. The van der Waals surface area contributed by atoms with E-state index < -0.39 is 0 Å². The van der Waals surface area contributed by atoms with Crippen LogP contribution in [0.1, 0.15) is 45.1 Å². The topological polar surface area (TPSA) is 32.3 Å². The zero-order chi connectivity index (χ0) is 14.1. The van der Waals surface area contributed by atoms with E-state index in [1.165, 1.54) is 10.5 Å². The van der Waals surface area contributed by atoms with Crippen molar-refractivity contribution < 1.29 is 5.11 Å². The van der Waals surface area contributed by atoms with Gasteiger partial charge in [0, 0.05) is 10.9 Å². The van der Waals surface area contributed by atoms with Gasteiger partial charge in [-0.3, -0.25) is 0 Å². The molecule has 0 bridgehead atoms. The zero-order valence-corrected chi connectivity index (χ0v) is 13.2. The summed E-state index contributed by atoms with van der Waals surface area (Å²) in [5.41, 5.74) is 1.39. The van der Waals surface area contributed by atoms with Crippen LogP contribution in [0, 0.1) is 0 Å². The summed E-state index contributed by atoms with van der Waals surface area (Å²) in [5.74, 6) is 1.64. The largest absolute Gasteiger partial charge is 0.395 e. The maximum absolute atomic E-state index is 9.28. The van der Waals surface area contributed by atoms with E-state index in [0.29, 0.717) is 5.92 Å². The minimum Gasteiger partial charge on any atom is -0.395 e. The number of aliphatic hydroxyl groups is 1. The van der Waals surface area contributed by atoms with Gasteiger partial charge in [0.2, 0.25) is 0 Å². The fourth-order valence-electron chi connectivity index (χ4n) is 1.87. The molecule has 0 heterocycles. The molecule has 0 aliphatic heterocycles. The molecule has 0 aliphatic rings. The van der Waals surface area contributed by atoms with E-state index >= 15 is 0 Å². The molecule has 108 valence electrons. The van der Waals surface area contributed by atoms with E-state index in [4.69, 9.17) is 0 Å². The Morgan fingerprint density at radius 3 is 2.42 bits per heavy atom. The summed E-state index contributed by atoms with van der Waals surface area (Å²) < 4.78 is 0. The molecule has 3 heteroatoms. The van der Waals surface area contributed by atoms with Gasteiger partial charge in [-0.25, -0.2) is 0 Å². The second-order valence-corrected chi connectivity index (χ2v) is 6.36. The van der Waals surface area contributed by atoms with Crippen LogP contribution in [0.25, 0.3) is 0 Å². The van der Waals surface area contributed by atoms with E-state index in [2.05, 4.69) is 50.4 Å². The SMILES string of the molecule is CCCNC(CO)CCSc1ccc(C(C)C)cc1. The van der Waals surface area contributed by atoms with Crippen molar-refractivity contribution in [3.05, 3.63) is 29.8 Å². The summed E-state index contributed by atoms with van der Waals surface area (Å²) in [6.07, 6.45) is 2.12. The van der Waals surface area contributed by atoms with Gasteiger partial charge in [-0.2, -0.15) is 0 Å². The summed E-state index contributed by atoms with van der Waals surface area (Å²) >= 11 is 1.87. The Hall–Kier alpha value is -0.510. The van der Waals surface area contributed by atoms with Crippen LogP contribution in [-0.4, -0.2) is 30.1 Å². The van der Waals surface area contributed by atoms with Crippen molar-refractivity contribution in [2.24, 2.45) is 0 Å². The first-order valence-corrected chi connectivity index (χ1v) is 8.23. The van der Waals surface area contributed by atoms with Crippen molar-refractivity contribution in [1.82, 2.24) is 5.32 Å². The first kappa shape index (κ1) is 16.5. The van der Waals surface area contributed by atoms with Gasteiger partial charge in [-0.1, -0.05) is 32.9 Å². The van der Waals surface area contributed by atoms with Crippen LogP contribution >= 0.6 is 11.8 Å². The van der Waals surface area contributed by atoms with E-state index in [0.717, 1.165) is 25.1 Å². The molecule has 19 heavy (non-hydrogen) atoms. The molecule has 1 aromatic carbocycles. The Morgan fingerprint density at radius 2 is 1.89 bits per heavy atom. The highest BCUT2D eigenvalue weighted by Crippen LogP contribution is 2.22. The van der Waals surface area contributed by atoms with Crippen molar-refractivity contribution in [2.45, 2.75) is 50.5 Å². The molecule has 0 aromatic heterocycles. The lowest BCUT2D eigenvalue weighted by Crippen LogP contribution is -2.33. The third kappa shape index (κ3) is 6.46. The lowest BCUT2D eigenvalue weighted by Gasteiger charge is -2.15. The standard InChI is InChI=1S/C16H27NOS/c1-4-10-17-15(12-18)9-11-19-16-7-5-14(6-8-16)13(2)3/h5-8,13,15,17-18H,4,9-12H2,1-3H3. The number of hydrogen-bond acceptors (Lipinski definition) is 3. The molecule has 2 nitrogen and oxygen atoms in total. The highest BCUT2D eigenvalue weighted by molar-refractivity contribution is 7.99. The molecule has 1 aromatic rings. The molecular formula is C16H27NOS. The summed E-state index contributed by atoms with van der Waals surface area (Å²) in [6, 6.07) is 9.07. The predicted octanol–water partition coefficient (Wildman–Crippen LogP) is 3.65. The Kier molecular flexibility index (Phi) is 8.19. The maximum atomic E-state index is 9.28. The lowest BCUT2D eigenvalue weighted by molar-refractivity contribution is 0.240. The molecule has 0 saturated heterocycles. The highest BCUT2D eigenvalue weighted by Gasteiger charge is 2.06. The van der Waals surface area contributed by atoms with Gasteiger partial charge < -0.3 is 10.4 Å². The maximum Gasteiger partial charge on any atom is 0.0584 e. The molecule has 1 rings (SSSR count). The number of thioether (sulfide) groups is 1. The minimum atomic E-state index is 0.229. The van der Waals surface area contributed by atoms with Crippen molar-refractivity contribution in [3.8, 4) is 0 Å². The first-order valence-electron chi connectivity index (χ1n) is 7.24. The van der Waals surface area contributed by atoms with Crippen molar-refractivity contribution in [2.75, 3.05) is 18.9 Å². The molecule has 2 N–H and O–H groups in total. The van der Waals surface area contributed by atoms with Crippen molar-refractivity contribution in [3.63, 3.8) is 0 Å². The number of aliphatic hydroxyl groups excluding tert-OH is 1.